The molecular formula is C37H28N2O8. The first kappa shape index (κ1) is 30.7. The average molecular weight is 629 g/mol. The van der Waals surface area contributed by atoms with Crippen molar-refractivity contribution in [2.75, 3.05) is 23.5 Å². The number of esters is 1. The number of anilines is 2. The first-order valence-electron chi connectivity index (χ1n) is 14.7. The molecule has 1 atom stereocenters. The molecule has 234 valence electrons. The summed E-state index contributed by atoms with van der Waals surface area (Å²) < 4.78 is 10.7. The third kappa shape index (κ3) is 4.78. The second-order valence-electron chi connectivity index (χ2n) is 10.6. The van der Waals surface area contributed by atoms with Crippen molar-refractivity contribution in [3.8, 4) is 5.75 Å². The van der Waals surface area contributed by atoms with E-state index in [0.717, 1.165) is 16.9 Å². The van der Waals surface area contributed by atoms with Crippen LogP contribution in [-0.2, 0) is 23.9 Å². The van der Waals surface area contributed by atoms with E-state index in [2.05, 4.69) is 0 Å². The third-order valence-corrected chi connectivity index (χ3v) is 8.00. The molecule has 1 spiro atoms. The third-order valence-electron chi connectivity index (χ3n) is 8.00. The van der Waals surface area contributed by atoms with Crippen LogP contribution in [0, 0.1) is 0 Å². The van der Waals surface area contributed by atoms with Gasteiger partial charge in [-0.15, -0.1) is 0 Å². The Bertz CT molecular complexity index is 1970. The predicted molar refractivity (Wildman–Crippen MR) is 173 cm³/mol. The molecule has 6 rings (SSSR count). The van der Waals surface area contributed by atoms with Crippen LogP contribution in [0.4, 0.5) is 11.4 Å². The first-order valence-corrected chi connectivity index (χ1v) is 14.7. The van der Waals surface area contributed by atoms with Gasteiger partial charge in [-0.25, -0.2) is 4.79 Å². The summed E-state index contributed by atoms with van der Waals surface area (Å²) in [6.45, 7) is 2.15. The molecule has 2 aliphatic heterocycles. The molecule has 2 aliphatic rings. The fourth-order valence-electron chi connectivity index (χ4n) is 6.04. The van der Waals surface area contributed by atoms with Crippen LogP contribution < -0.4 is 14.5 Å². The van der Waals surface area contributed by atoms with Gasteiger partial charge in [0.1, 0.15) is 17.2 Å². The number of amides is 2. The molecule has 47 heavy (non-hydrogen) atoms. The van der Waals surface area contributed by atoms with E-state index in [4.69, 9.17) is 9.47 Å². The molecule has 0 aromatic heterocycles. The summed E-state index contributed by atoms with van der Waals surface area (Å²) in [6, 6.07) is 29.7. The van der Waals surface area contributed by atoms with Gasteiger partial charge >= 0.3 is 11.9 Å². The molecule has 1 fully saturated rings. The zero-order chi connectivity index (χ0) is 33.3. The minimum atomic E-state index is -2.65. The summed E-state index contributed by atoms with van der Waals surface area (Å²) in [5, 5.41) is 11.9. The Kier molecular flexibility index (Phi) is 8.00. The molecule has 10 nitrogen and oxygen atoms in total. The molecule has 2 amide bonds. The molecule has 1 saturated heterocycles. The Balaban J connectivity index is 1.79. The van der Waals surface area contributed by atoms with E-state index in [-0.39, 0.29) is 22.5 Å². The summed E-state index contributed by atoms with van der Waals surface area (Å²) in [5.74, 6) is -5.62. The van der Waals surface area contributed by atoms with Gasteiger partial charge in [-0.2, -0.15) is 0 Å². The lowest BCUT2D eigenvalue weighted by Crippen LogP contribution is -2.56. The number of Topliss-reactive ketones (excluding diaryl/α,β-unsaturated/α-hetero) is 2. The molecule has 10 heteroatoms. The van der Waals surface area contributed by atoms with Gasteiger partial charge < -0.3 is 14.6 Å². The second kappa shape index (κ2) is 12.2. The summed E-state index contributed by atoms with van der Waals surface area (Å²) >= 11 is 0. The number of hydrogen-bond donors (Lipinski definition) is 1. The normalized spacial score (nSPS) is 18.6. The van der Waals surface area contributed by atoms with Crippen LogP contribution in [0.15, 0.2) is 132 Å². The van der Waals surface area contributed by atoms with Crippen molar-refractivity contribution in [2.24, 2.45) is 0 Å². The Labute approximate surface area is 269 Å². The van der Waals surface area contributed by atoms with Gasteiger partial charge in [-0.05, 0) is 43.3 Å². The van der Waals surface area contributed by atoms with Crippen LogP contribution in [0.5, 0.6) is 5.75 Å². The van der Waals surface area contributed by atoms with Crippen molar-refractivity contribution in [3.05, 3.63) is 143 Å². The number of carbonyl (C=O) groups is 5. The van der Waals surface area contributed by atoms with E-state index in [1.54, 1.807) is 73.7 Å². The Morgan fingerprint density at radius 1 is 0.745 bits per heavy atom. The topological polar surface area (TPSA) is 131 Å². The maximum Gasteiger partial charge on any atom is 0.355 e. The van der Waals surface area contributed by atoms with Gasteiger partial charge in [0.25, 0.3) is 11.7 Å². The molecule has 4 aromatic rings. The lowest BCUT2D eigenvalue weighted by atomic mass is 9.77. The van der Waals surface area contributed by atoms with Crippen molar-refractivity contribution in [2.45, 2.75) is 12.5 Å². The number of methoxy groups -OCH3 is 1. The second-order valence-corrected chi connectivity index (χ2v) is 10.6. The molecule has 1 unspecified atom stereocenters. The van der Waals surface area contributed by atoms with E-state index in [1.807, 2.05) is 0 Å². The molecule has 0 saturated carbocycles. The number of para-hydroxylation sites is 1. The van der Waals surface area contributed by atoms with Crippen molar-refractivity contribution < 1.29 is 38.6 Å². The lowest BCUT2D eigenvalue weighted by molar-refractivity contribution is -0.136. The highest BCUT2D eigenvalue weighted by molar-refractivity contribution is 6.57. The average Bonchev–Trinajstić information content (AvgIpc) is 3.51. The maximum absolute atomic E-state index is 15.3. The van der Waals surface area contributed by atoms with Crippen LogP contribution in [0.3, 0.4) is 0 Å². The standard InChI is InChI=1S/C37H28N2O8/c1-3-47-27-21-19-26(20-22-27)39-34(43)33(42)29(32(41)24-15-9-5-10-16-24)37(39)28(31(40)23-13-7-4-8-14-23)30(35(44)46-2)38(36(37)45)25-17-11-6-12-18-25/h4-22,41H,3H2,1-2H3/b32-29-. The van der Waals surface area contributed by atoms with Gasteiger partial charge in [-0.3, -0.25) is 29.0 Å². The molecule has 4 aromatic carbocycles. The van der Waals surface area contributed by atoms with Crippen molar-refractivity contribution in [3.63, 3.8) is 0 Å². The number of nitrogens with zero attached hydrogens (tertiary/aromatic N) is 2. The summed E-state index contributed by atoms with van der Waals surface area (Å²) in [6.07, 6.45) is 0. The van der Waals surface area contributed by atoms with Gasteiger partial charge in [0, 0.05) is 22.5 Å². The van der Waals surface area contributed by atoms with E-state index in [1.165, 1.54) is 48.5 Å². The van der Waals surface area contributed by atoms with E-state index >= 15 is 4.79 Å². The predicted octanol–water partition coefficient (Wildman–Crippen LogP) is 5.07. The molecule has 0 bridgehead atoms. The number of aliphatic hydroxyl groups is 1. The highest BCUT2D eigenvalue weighted by Gasteiger charge is 2.71. The smallest absolute Gasteiger partial charge is 0.355 e. The number of hydrogen-bond acceptors (Lipinski definition) is 8. The van der Waals surface area contributed by atoms with Crippen molar-refractivity contribution >= 4 is 46.5 Å². The van der Waals surface area contributed by atoms with Crippen LogP contribution in [0.2, 0.25) is 0 Å². The fraction of sp³-hybridized carbons (Fsp3) is 0.108. The van der Waals surface area contributed by atoms with Gasteiger partial charge in [0.2, 0.25) is 0 Å². The molecule has 1 N–H and O–H groups in total. The number of benzene rings is 4. The van der Waals surface area contributed by atoms with Crippen LogP contribution in [-0.4, -0.2) is 53.7 Å². The monoisotopic (exact) mass is 628 g/mol. The minimum absolute atomic E-state index is 0.0357. The van der Waals surface area contributed by atoms with Crippen molar-refractivity contribution in [1.29, 1.82) is 0 Å². The van der Waals surface area contributed by atoms with Gasteiger partial charge in [0.05, 0.1) is 24.9 Å². The zero-order valence-corrected chi connectivity index (χ0v) is 25.4. The maximum atomic E-state index is 15.3. The molecule has 0 radical (unpaired) electrons. The summed E-state index contributed by atoms with van der Waals surface area (Å²) in [7, 11) is 1.09. The Morgan fingerprint density at radius 3 is 1.85 bits per heavy atom. The number of carbonyl (C=O) groups excluding carboxylic acids is 5. The van der Waals surface area contributed by atoms with Gasteiger partial charge in [-0.1, -0.05) is 78.9 Å². The molecule has 2 heterocycles. The summed E-state index contributed by atoms with van der Waals surface area (Å²) in [5.41, 5.74) is -4.00. The highest BCUT2D eigenvalue weighted by Crippen LogP contribution is 2.53. The zero-order valence-electron chi connectivity index (χ0n) is 25.4. The largest absolute Gasteiger partial charge is 0.507 e. The Hall–Kier alpha value is -6.29. The number of ketones is 2. The SMILES string of the molecule is CCOc1ccc(N2C(=O)C(=O)/C(=C(/O)c3ccccc3)C23C(=O)N(c2ccccc2)C(C(=O)OC)=C3C(=O)c2ccccc2)cc1. The lowest BCUT2D eigenvalue weighted by Gasteiger charge is -2.35. The van der Waals surface area contributed by atoms with Crippen LogP contribution in [0.1, 0.15) is 22.8 Å². The van der Waals surface area contributed by atoms with E-state index in [9.17, 15) is 24.3 Å². The molecular weight excluding hydrogens is 600 g/mol. The Morgan fingerprint density at radius 2 is 1.30 bits per heavy atom. The van der Waals surface area contributed by atoms with Crippen LogP contribution >= 0.6 is 0 Å². The van der Waals surface area contributed by atoms with E-state index in [0.29, 0.717) is 12.4 Å². The number of rotatable bonds is 8. The first-order chi connectivity index (χ1) is 22.8. The fourth-order valence-corrected chi connectivity index (χ4v) is 6.04. The molecule has 0 aliphatic carbocycles. The van der Waals surface area contributed by atoms with Gasteiger partial charge in [0.15, 0.2) is 11.3 Å². The minimum Gasteiger partial charge on any atom is -0.507 e. The van der Waals surface area contributed by atoms with Crippen LogP contribution in [0.25, 0.3) is 5.76 Å². The highest BCUT2D eigenvalue weighted by atomic mass is 16.5. The number of ether oxygens (including phenoxy) is 2. The van der Waals surface area contributed by atoms with Crippen molar-refractivity contribution in [1.82, 2.24) is 0 Å². The van der Waals surface area contributed by atoms with E-state index < -0.39 is 57.5 Å². The number of aliphatic hydroxyl groups excluding tert-OH is 1. The summed E-state index contributed by atoms with van der Waals surface area (Å²) in [4.78, 5) is 74.2. The quantitative estimate of drug-likeness (QED) is 0.0942.